The average molecular weight is 458 g/mol. The minimum absolute atomic E-state index is 0.0719. The van der Waals surface area contributed by atoms with E-state index in [1.54, 1.807) is 42.5 Å². The van der Waals surface area contributed by atoms with E-state index in [1.165, 1.54) is 10.3 Å². The summed E-state index contributed by atoms with van der Waals surface area (Å²) in [6.07, 6.45) is 1.30. The van der Waals surface area contributed by atoms with E-state index in [1.807, 2.05) is 4.90 Å². The van der Waals surface area contributed by atoms with Gasteiger partial charge < -0.3 is 9.80 Å². The zero-order chi connectivity index (χ0) is 22.0. The predicted octanol–water partition coefficient (Wildman–Crippen LogP) is 3.54. The lowest BCUT2D eigenvalue weighted by Crippen LogP contribution is -2.49. The second kappa shape index (κ2) is 8.96. The van der Waals surface area contributed by atoms with Gasteiger partial charge in [0.05, 0.1) is 27.3 Å². The van der Waals surface area contributed by atoms with Gasteiger partial charge in [0.15, 0.2) is 15.0 Å². The Morgan fingerprint density at radius 3 is 2.32 bits per heavy atom. The first-order valence-corrected chi connectivity index (χ1v) is 13.1. The Balaban J connectivity index is 1.36. The van der Waals surface area contributed by atoms with Crippen LogP contribution in [0.15, 0.2) is 47.4 Å². The molecule has 0 atom stereocenters. The van der Waals surface area contributed by atoms with Gasteiger partial charge in [0.2, 0.25) is 5.91 Å². The number of hydrogen-bond donors (Lipinski definition) is 0. The molecule has 0 aliphatic carbocycles. The fourth-order valence-corrected chi connectivity index (χ4v) is 5.69. The molecule has 164 valence electrons. The topological polar surface area (TPSA) is 70.6 Å². The van der Waals surface area contributed by atoms with Gasteiger partial charge in [-0.05, 0) is 41.8 Å². The summed E-state index contributed by atoms with van der Waals surface area (Å²) in [5.74, 6) is 0.145. The highest BCUT2D eigenvalue weighted by Gasteiger charge is 2.23. The number of rotatable bonds is 6. The van der Waals surface area contributed by atoms with Crippen molar-refractivity contribution in [2.45, 2.75) is 31.6 Å². The zero-order valence-electron chi connectivity index (χ0n) is 17.9. The summed E-state index contributed by atoms with van der Waals surface area (Å²) in [6.45, 7) is 6.64. The highest BCUT2D eigenvalue weighted by atomic mass is 32.2. The van der Waals surface area contributed by atoms with Gasteiger partial charge >= 0.3 is 0 Å². The maximum atomic E-state index is 12.7. The van der Waals surface area contributed by atoms with Crippen molar-refractivity contribution in [3.8, 4) is 0 Å². The summed E-state index contributed by atoms with van der Waals surface area (Å²) >= 11 is 1.71. The number of thiazole rings is 1. The van der Waals surface area contributed by atoms with E-state index in [-0.39, 0.29) is 18.1 Å². The molecule has 1 saturated heterocycles. The predicted molar refractivity (Wildman–Crippen MR) is 126 cm³/mol. The molecule has 0 radical (unpaired) electrons. The smallest absolute Gasteiger partial charge is 0.227 e. The average Bonchev–Trinajstić information content (AvgIpc) is 3.23. The summed E-state index contributed by atoms with van der Waals surface area (Å²) in [6, 6.07) is 13.1. The Morgan fingerprint density at radius 1 is 1.00 bits per heavy atom. The number of aromatic nitrogens is 1. The second-order valence-corrected chi connectivity index (χ2v) is 11.0. The quantitative estimate of drug-likeness (QED) is 0.566. The molecule has 31 heavy (non-hydrogen) atoms. The molecule has 2 heterocycles. The normalized spacial score (nSPS) is 14.9. The number of carbonyl (C=O) groups excluding carboxylic acids is 1. The van der Waals surface area contributed by atoms with Crippen molar-refractivity contribution in [2.75, 3.05) is 36.8 Å². The van der Waals surface area contributed by atoms with Gasteiger partial charge in [0, 0.05) is 26.2 Å². The van der Waals surface area contributed by atoms with Crippen LogP contribution in [0.4, 0.5) is 5.13 Å². The summed E-state index contributed by atoms with van der Waals surface area (Å²) in [5.41, 5.74) is 3.18. The molecular formula is C23H27N3O3S2. The molecule has 1 aromatic heterocycles. The molecule has 1 fully saturated rings. The van der Waals surface area contributed by atoms with Gasteiger partial charge in [-0.1, -0.05) is 43.4 Å². The fourth-order valence-electron chi connectivity index (χ4n) is 3.73. The molecular weight excluding hydrogens is 430 g/mol. The molecule has 0 saturated carbocycles. The highest BCUT2D eigenvalue weighted by Crippen LogP contribution is 2.30. The van der Waals surface area contributed by atoms with E-state index in [9.17, 15) is 13.2 Å². The van der Waals surface area contributed by atoms with Crippen molar-refractivity contribution in [3.63, 3.8) is 0 Å². The van der Waals surface area contributed by atoms with Crippen LogP contribution >= 0.6 is 11.3 Å². The molecule has 1 aliphatic heterocycles. The maximum absolute atomic E-state index is 12.7. The summed E-state index contributed by atoms with van der Waals surface area (Å²) in [7, 11) is -3.22. The van der Waals surface area contributed by atoms with Crippen LogP contribution in [0.2, 0.25) is 0 Å². The van der Waals surface area contributed by atoms with Gasteiger partial charge in [0.1, 0.15) is 0 Å². The molecule has 8 heteroatoms. The maximum Gasteiger partial charge on any atom is 0.227 e. The number of fused-ring (bicyclic) bond motifs is 1. The molecule has 0 N–H and O–H groups in total. The molecule has 4 rings (SSSR count). The number of aryl methyl sites for hydroxylation is 1. The second-order valence-electron chi connectivity index (χ2n) is 7.74. The lowest BCUT2D eigenvalue weighted by molar-refractivity contribution is -0.130. The van der Waals surface area contributed by atoms with Crippen LogP contribution in [0.1, 0.15) is 25.0 Å². The number of hydrogen-bond acceptors (Lipinski definition) is 6. The number of nitrogens with zero attached hydrogens (tertiary/aromatic N) is 3. The molecule has 3 aromatic rings. The first kappa shape index (κ1) is 21.8. The van der Waals surface area contributed by atoms with Crippen molar-refractivity contribution >= 4 is 42.4 Å². The van der Waals surface area contributed by atoms with Crippen molar-refractivity contribution < 1.29 is 13.2 Å². The zero-order valence-corrected chi connectivity index (χ0v) is 19.5. The van der Waals surface area contributed by atoms with Crippen molar-refractivity contribution in [2.24, 2.45) is 0 Å². The lowest BCUT2D eigenvalue weighted by atomic mass is 10.1. The number of carbonyl (C=O) groups is 1. The number of anilines is 1. The highest BCUT2D eigenvalue weighted by molar-refractivity contribution is 7.91. The third-order valence-electron chi connectivity index (χ3n) is 5.77. The molecule has 0 unspecified atom stereocenters. The third-order valence-corrected chi connectivity index (χ3v) is 8.60. The van der Waals surface area contributed by atoms with Gasteiger partial charge in [-0.25, -0.2) is 13.4 Å². The van der Waals surface area contributed by atoms with Crippen LogP contribution in [0.5, 0.6) is 0 Å². The fraction of sp³-hybridized carbons (Fsp3) is 0.391. The monoisotopic (exact) mass is 457 g/mol. The van der Waals surface area contributed by atoms with E-state index >= 15 is 0 Å². The van der Waals surface area contributed by atoms with Crippen LogP contribution < -0.4 is 4.90 Å². The number of sulfone groups is 1. The van der Waals surface area contributed by atoms with Crippen molar-refractivity contribution in [3.05, 3.63) is 53.6 Å². The van der Waals surface area contributed by atoms with E-state index < -0.39 is 9.84 Å². The molecule has 1 amide bonds. The minimum Gasteiger partial charge on any atom is -0.345 e. The third kappa shape index (κ3) is 4.75. The SMILES string of the molecule is CCc1ccc2nc(N3CCN(C(=O)Cc4ccc(S(=O)(=O)CC)cc4)CC3)sc2c1. The largest absolute Gasteiger partial charge is 0.345 e. The Bertz CT molecular complexity index is 1180. The Morgan fingerprint density at radius 2 is 1.68 bits per heavy atom. The van der Waals surface area contributed by atoms with Crippen LogP contribution in [0, 0.1) is 0 Å². The van der Waals surface area contributed by atoms with E-state index in [4.69, 9.17) is 4.98 Å². The van der Waals surface area contributed by atoms with Crippen LogP contribution in [-0.2, 0) is 27.5 Å². The first-order chi connectivity index (χ1) is 14.9. The summed E-state index contributed by atoms with van der Waals surface area (Å²) in [5, 5.41) is 1.02. The van der Waals surface area contributed by atoms with Gasteiger partial charge in [0.25, 0.3) is 0 Å². The number of amides is 1. The number of benzene rings is 2. The molecule has 1 aliphatic rings. The number of piperazine rings is 1. The molecule has 6 nitrogen and oxygen atoms in total. The first-order valence-electron chi connectivity index (χ1n) is 10.6. The molecule has 0 bridgehead atoms. The van der Waals surface area contributed by atoms with Gasteiger partial charge in [-0.15, -0.1) is 0 Å². The van der Waals surface area contributed by atoms with Crippen LogP contribution in [0.3, 0.4) is 0 Å². The summed E-state index contributed by atoms with van der Waals surface area (Å²) in [4.78, 5) is 22.0. The van der Waals surface area contributed by atoms with Crippen LogP contribution in [-0.4, -0.2) is 56.1 Å². The minimum atomic E-state index is -3.22. The summed E-state index contributed by atoms with van der Waals surface area (Å²) < 4.78 is 25.1. The van der Waals surface area contributed by atoms with E-state index in [0.29, 0.717) is 18.0 Å². The van der Waals surface area contributed by atoms with E-state index in [0.717, 1.165) is 35.7 Å². The van der Waals surface area contributed by atoms with E-state index in [2.05, 4.69) is 30.0 Å². The molecule has 0 spiro atoms. The van der Waals surface area contributed by atoms with Crippen molar-refractivity contribution in [1.29, 1.82) is 0 Å². The molecule has 2 aromatic carbocycles. The Hall–Kier alpha value is -2.45. The van der Waals surface area contributed by atoms with Crippen LogP contribution in [0.25, 0.3) is 10.2 Å². The Kier molecular flexibility index (Phi) is 6.29. The standard InChI is InChI=1S/C23H27N3O3S2/c1-3-17-7-10-20-21(15-17)30-23(24-20)26-13-11-25(12-14-26)22(27)16-18-5-8-19(9-6-18)31(28,29)4-2/h5-10,15H,3-4,11-14,16H2,1-2H3. The van der Waals surface area contributed by atoms with Gasteiger partial charge in [-0.3, -0.25) is 4.79 Å². The van der Waals surface area contributed by atoms with Gasteiger partial charge in [-0.2, -0.15) is 0 Å². The van der Waals surface area contributed by atoms with Crippen molar-refractivity contribution in [1.82, 2.24) is 9.88 Å². The lowest BCUT2D eigenvalue weighted by Gasteiger charge is -2.34. The Labute approximate surface area is 187 Å².